The first-order chi connectivity index (χ1) is 14.8. The van der Waals surface area contributed by atoms with Crippen LogP contribution in [0.1, 0.15) is 10.4 Å². The average molecular weight is 438 g/mol. The maximum atomic E-state index is 14.5. The van der Waals surface area contributed by atoms with Gasteiger partial charge in [0.15, 0.2) is 15.7 Å². The zero-order valence-corrected chi connectivity index (χ0v) is 17.6. The van der Waals surface area contributed by atoms with Crippen LogP contribution in [0.4, 0.5) is 10.1 Å². The van der Waals surface area contributed by atoms with Crippen LogP contribution in [0.3, 0.4) is 0 Å². The lowest BCUT2D eigenvalue weighted by molar-refractivity contribution is 0.0993. The molecule has 0 N–H and O–H groups in total. The van der Waals surface area contributed by atoms with Crippen molar-refractivity contribution in [2.24, 2.45) is 0 Å². The maximum Gasteiger partial charge on any atom is 0.263 e. The number of benzene rings is 2. The van der Waals surface area contributed by atoms with Crippen LogP contribution in [0, 0.1) is 5.82 Å². The smallest absolute Gasteiger partial charge is 0.263 e. The summed E-state index contributed by atoms with van der Waals surface area (Å²) in [5.41, 5.74) is 0.981. The van der Waals surface area contributed by atoms with Gasteiger partial charge in [-0.05, 0) is 48.5 Å². The minimum Gasteiger partial charge on any atom is -0.311 e. The summed E-state index contributed by atoms with van der Waals surface area (Å²) in [5.74, 6) is -0.458. The molecule has 2 aromatic heterocycles. The molecule has 7 nitrogen and oxygen atoms in total. The first-order valence-electron chi connectivity index (χ1n) is 9.32. The first kappa shape index (κ1) is 20.5. The number of sulfone groups is 1. The summed E-state index contributed by atoms with van der Waals surface area (Å²) in [6.45, 7) is 0. The van der Waals surface area contributed by atoms with E-state index >= 15 is 0 Å². The molecule has 0 fully saturated rings. The molecule has 0 spiro atoms. The molecule has 0 aliphatic carbocycles. The Labute approximate surface area is 178 Å². The number of carbonyl (C=O) groups is 1. The van der Waals surface area contributed by atoms with E-state index in [1.165, 1.54) is 34.0 Å². The lowest BCUT2D eigenvalue weighted by atomic mass is 10.2. The summed E-state index contributed by atoms with van der Waals surface area (Å²) in [7, 11) is -1.76. The van der Waals surface area contributed by atoms with Crippen molar-refractivity contribution in [2.45, 2.75) is 4.90 Å². The number of hydrogen-bond acceptors (Lipinski definition) is 4. The number of amides is 1. The van der Waals surface area contributed by atoms with Crippen molar-refractivity contribution in [3.05, 3.63) is 90.6 Å². The molecule has 31 heavy (non-hydrogen) atoms. The Morgan fingerprint density at radius 3 is 2.26 bits per heavy atom. The van der Waals surface area contributed by atoms with Gasteiger partial charge in [-0.15, -0.1) is 0 Å². The number of nitrogens with zero attached hydrogens (tertiary/aromatic N) is 4. The van der Waals surface area contributed by atoms with Gasteiger partial charge in [0.2, 0.25) is 0 Å². The molecule has 0 bridgehead atoms. The van der Waals surface area contributed by atoms with Gasteiger partial charge in [-0.3, -0.25) is 4.79 Å². The minimum atomic E-state index is -3.34. The Bertz CT molecular complexity index is 1340. The molecule has 0 atom stereocenters. The number of aromatic nitrogens is 3. The van der Waals surface area contributed by atoms with Gasteiger partial charge in [0.25, 0.3) is 5.91 Å². The Hall–Kier alpha value is -3.72. The van der Waals surface area contributed by atoms with Gasteiger partial charge in [-0.2, -0.15) is 5.10 Å². The summed E-state index contributed by atoms with van der Waals surface area (Å²) in [5, 5.41) is 4.28. The summed E-state index contributed by atoms with van der Waals surface area (Å²) in [6.07, 6.45) is 6.00. The van der Waals surface area contributed by atoms with E-state index in [1.807, 2.05) is 0 Å². The van der Waals surface area contributed by atoms with Crippen molar-refractivity contribution in [1.82, 2.24) is 14.3 Å². The van der Waals surface area contributed by atoms with Crippen molar-refractivity contribution in [1.29, 1.82) is 0 Å². The van der Waals surface area contributed by atoms with E-state index in [0.717, 1.165) is 6.26 Å². The molecule has 0 aliphatic heterocycles. The lowest BCUT2D eigenvalue weighted by Gasteiger charge is -2.18. The number of anilines is 1. The van der Waals surface area contributed by atoms with Gasteiger partial charge >= 0.3 is 0 Å². The van der Waals surface area contributed by atoms with E-state index in [0.29, 0.717) is 11.5 Å². The van der Waals surface area contributed by atoms with Gasteiger partial charge in [0, 0.05) is 31.4 Å². The Morgan fingerprint density at radius 1 is 1.00 bits per heavy atom. The second-order valence-electron chi connectivity index (χ2n) is 6.97. The first-order valence-corrected chi connectivity index (χ1v) is 11.2. The van der Waals surface area contributed by atoms with Gasteiger partial charge in [-0.25, -0.2) is 17.5 Å². The fourth-order valence-electron chi connectivity index (χ4n) is 3.23. The third-order valence-electron chi connectivity index (χ3n) is 4.86. The zero-order chi connectivity index (χ0) is 22.2. The van der Waals surface area contributed by atoms with E-state index in [-0.39, 0.29) is 22.1 Å². The molecule has 0 aliphatic rings. The number of rotatable bonds is 5. The molecule has 158 valence electrons. The average Bonchev–Trinajstić information content (AvgIpc) is 3.42. The monoisotopic (exact) mass is 438 g/mol. The molecular formula is C22H19FN4O3S. The predicted molar refractivity (Wildman–Crippen MR) is 115 cm³/mol. The van der Waals surface area contributed by atoms with Gasteiger partial charge < -0.3 is 9.47 Å². The molecule has 0 saturated carbocycles. The second-order valence-corrected chi connectivity index (χ2v) is 8.98. The summed E-state index contributed by atoms with van der Waals surface area (Å²) in [6, 6.07) is 15.8. The molecule has 1 amide bonds. The third kappa shape index (κ3) is 3.87. The highest BCUT2D eigenvalue weighted by molar-refractivity contribution is 7.90. The van der Waals surface area contributed by atoms with Crippen LogP contribution in [0.25, 0.3) is 11.5 Å². The molecular weight excluding hydrogens is 419 g/mol. The standard InChI is InChI=1S/C22H19FN4O3S/c1-25(16-9-11-17(12-10-16)31(2,29)30)22(28)18-15-24-27(20-8-4-3-7-19(20)23)21(18)26-13-5-6-14-26/h3-15H,1-2H3. The zero-order valence-electron chi connectivity index (χ0n) is 16.8. The molecule has 4 rings (SSSR count). The Balaban J connectivity index is 1.77. The SMILES string of the molecule is CN(C(=O)c1cnn(-c2ccccc2F)c1-n1cccc1)c1ccc(S(C)(=O)=O)cc1. The molecule has 0 unspecified atom stereocenters. The fourth-order valence-corrected chi connectivity index (χ4v) is 3.86. The molecule has 0 saturated heterocycles. The van der Waals surface area contributed by atoms with Crippen LogP contribution < -0.4 is 4.90 Å². The van der Waals surface area contributed by atoms with Crippen molar-refractivity contribution in [3.8, 4) is 11.5 Å². The number of para-hydroxylation sites is 1. The van der Waals surface area contributed by atoms with E-state index < -0.39 is 15.7 Å². The number of carbonyl (C=O) groups excluding carboxylic acids is 1. The summed E-state index contributed by atoms with van der Waals surface area (Å²) >= 11 is 0. The van der Waals surface area contributed by atoms with Crippen molar-refractivity contribution < 1.29 is 17.6 Å². The second kappa shape index (κ2) is 7.84. The van der Waals surface area contributed by atoms with Crippen LogP contribution in [-0.2, 0) is 9.84 Å². The van der Waals surface area contributed by atoms with E-state index in [9.17, 15) is 17.6 Å². The minimum absolute atomic E-state index is 0.164. The van der Waals surface area contributed by atoms with Crippen LogP contribution >= 0.6 is 0 Å². The van der Waals surface area contributed by atoms with Crippen molar-refractivity contribution in [2.75, 3.05) is 18.2 Å². The molecule has 2 heterocycles. The topological polar surface area (TPSA) is 77.2 Å². The highest BCUT2D eigenvalue weighted by Crippen LogP contribution is 2.25. The third-order valence-corrected chi connectivity index (χ3v) is 5.99. The highest BCUT2D eigenvalue weighted by Gasteiger charge is 2.24. The molecule has 4 aromatic rings. The van der Waals surface area contributed by atoms with Crippen LogP contribution in [-0.4, -0.2) is 42.0 Å². The molecule has 9 heteroatoms. The maximum absolute atomic E-state index is 14.5. The van der Waals surface area contributed by atoms with E-state index in [1.54, 1.807) is 66.5 Å². The molecule has 2 aromatic carbocycles. The van der Waals surface area contributed by atoms with Gasteiger partial charge in [0.1, 0.15) is 17.1 Å². The lowest BCUT2D eigenvalue weighted by Crippen LogP contribution is -2.27. The Kier molecular flexibility index (Phi) is 5.20. The van der Waals surface area contributed by atoms with Crippen molar-refractivity contribution >= 4 is 21.4 Å². The Morgan fingerprint density at radius 2 is 1.65 bits per heavy atom. The number of halogens is 1. The fraction of sp³-hybridized carbons (Fsp3) is 0.0909. The summed E-state index contributed by atoms with van der Waals surface area (Å²) in [4.78, 5) is 14.9. The van der Waals surface area contributed by atoms with E-state index in [4.69, 9.17) is 0 Å². The van der Waals surface area contributed by atoms with Crippen molar-refractivity contribution in [3.63, 3.8) is 0 Å². The number of hydrogen-bond donors (Lipinski definition) is 0. The van der Waals surface area contributed by atoms with Crippen LogP contribution in [0.5, 0.6) is 0 Å². The molecule has 0 radical (unpaired) electrons. The van der Waals surface area contributed by atoms with Crippen LogP contribution in [0.15, 0.2) is 84.1 Å². The normalized spacial score (nSPS) is 11.5. The largest absolute Gasteiger partial charge is 0.311 e. The van der Waals surface area contributed by atoms with Crippen LogP contribution in [0.2, 0.25) is 0 Å². The summed E-state index contributed by atoms with van der Waals surface area (Å²) < 4.78 is 40.9. The van der Waals surface area contributed by atoms with Gasteiger partial charge in [-0.1, -0.05) is 12.1 Å². The predicted octanol–water partition coefficient (Wildman–Crippen LogP) is 3.48. The quantitative estimate of drug-likeness (QED) is 0.478. The highest BCUT2D eigenvalue weighted by atomic mass is 32.2. The van der Waals surface area contributed by atoms with E-state index in [2.05, 4.69) is 5.10 Å². The van der Waals surface area contributed by atoms with Gasteiger partial charge in [0.05, 0.1) is 11.1 Å².